The van der Waals surface area contributed by atoms with E-state index >= 15 is 0 Å². The van der Waals surface area contributed by atoms with Crippen molar-refractivity contribution in [3.63, 3.8) is 0 Å². The molecule has 1 N–H and O–H groups in total. The van der Waals surface area contributed by atoms with E-state index in [1.54, 1.807) is 0 Å². The fourth-order valence-electron chi connectivity index (χ4n) is 2.78. The average molecular weight is 330 g/mol. The van der Waals surface area contributed by atoms with Crippen LogP contribution in [0.2, 0.25) is 5.28 Å². The first-order valence-corrected chi connectivity index (χ1v) is 8.95. The molecule has 8 heteroatoms. The fourth-order valence-corrected chi connectivity index (χ4v) is 3.73. The van der Waals surface area contributed by atoms with E-state index < -0.39 is 0 Å². The number of rotatable bonds is 4. The third kappa shape index (κ3) is 3.90. The van der Waals surface area contributed by atoms with Crippen molar-refractivity contribution in [1.29, 1.82) is 0 Å². The van der Waals surface area contributed by atoms with Crippen LogP contribution in [0.3, 0.4) is 0 Å². The molecule has 2 unspecified atom stereocenters. The number of ether oxygens (including phenoxy) is 1. The van der Waals surface area contributed by atoms with Gasteiger partial charge in [-0.05, 0) is 37.1 Å². The summed E-state index contributed by atoms with van der Waals surface area (Å²) in [4.78, 5) is 15.0. The molecule has 1 aromatic heterocycles. The highest BCUT2D eigenvalue weighted by Crippen LogP contribution is 2.30. The quantitative estimate of drug-likeness (QED) is 0.907. The maximum Gasteiger partial charge on any atom is 0.231 e. The molecule has 2 heterocycles. The first kappa shape index (κ1) is 15.1. The van der Waals surface area contributed by atoms with Crippen LogP contribution in [0, 0.1) is 0 Å². The summed E-state index contributed by atoms with van der Waals surface area (Å²) in [5.41, 5.74) is 0. The molecule has 1 saturated carbocycles. The molecule has 6 nitrogen and oxygen atoms in total. The predicted molar refractivity (Wildman–Crippen MR) is 86.4 cm³/mol. The van der Waals surface area contributed by atoms with Crippen molar-refractivity contribution in [2.75, 3.05) is 42.8 Å². The summed E-state index contributed by atoms with van der Waals surface area (Å²) in [7, 11) is 0. The highest BCUT2D eigenvalue weighted by atomic mass is 35.5. The van der Waals surface area contributed by atoms with Crippen LogP contribution in [0.1, 0.15) is 19.3 Å². The molecule has 2 aliphatic rings. The number of anilines is 2. The summed E-state index contributed by atoms with van der Waals surface area (Å²) in [6.07, 6.45) is 5.72. The van der Waals surface area contributed by atoms with Crippen LogP contribution in [0.5, 0.6) is 0 Å². The summed E-state index contributed by atoms with van der Waals surface area (Å²) in [5.74, 6) is 1.23. The third-order valence-electron chi connectivity index (χ3n) is 3.94. The zero-order chi connectivity index (χ0) is 14.7. The second-order valence-electron chi connectivity index (χ2n) is 5.34. The van der Waals surface area contributed by atoms with Gasteiger partial charge in [0.25, 0.3) is 0 Å². The van der Waals surface area contributed by atoms with Crippen molar-refractivity contribution in [3.05, 3.63) is 5.28 Å². The highest BCUT2D eigenvalue weighted by Gasteiger charge is 2.25. The normalized spacial score (nSPS) is 26.1. The zero-order valence-electron chi connectivity index (χ0n) is 12.1. The van der Waals surface area contributed by atoms with Gasteiger partial charge in [0.1, 0.15) is 0 Å². The van der Waals surface area contributed by atoms with Gasteiger partial charge in [-0.1, -0.05) is 0 Å². The first-order valence-electron chi connectivity index (χ1n) is 7.28. The summed E-state index contributed by atoms with van der Waals surface area (Å²) in [6, 6.07) is 0.429. The molecule has 0 bridgehead atoms. The number of hydrogen-bond donors (Lipinski definition) is 1. The minimum atomic E-state index is 0.244. The topological polar surface area (TPSA) is 63.2 Å². The van der Waals surface area contributed by atoms with E-state index in [1.165, 1.54) is 6.42 Å². The Balaban J connectivity index is 1.69. The minimum absolute atomic E-state index is 0.244. The van der Waals surface area contributed by atoms with E-state index in [1.807, 2.05) is 11.8 Å². The molecule has 2 fully saturated rings. The first-order chi connectivity index (χ1) is 10.2. The molecule has 3 rings (SSSR count). The lowest BCUT2D eigenvalue weighted by atomic mass is 10.2. The van der Waals surface area contributed by atoms with Crippen molar-refractivity contribution in [1.82, 2.24) is 15.0 Å². The number of nitrogens with one attached hydrogen (secondary N) is 1. The van der Waals surface area contributed by atoms with Crippen molar-refractivity contribution in [3.8, 4) is 0 Å². The van der Waals surface area contributed by atoms with Crippen LogP contribution >= 0.6 is 23.4 Å². The highest BCUT2D eigenvalue weighted by molar-refractivity contribution is 7.99. The number of morpholine rings is 1. The van der Waals surface area contributed by atoms with Crippen LogP contribution in [0.4, 0.5) is 11.9 Å². The summed E-state index contributed by atoms with van der Waals surface area (Å²) < 4.78 is 5.35. The number of hydrogen-bond acceptors (Lipinski definition) is 7. The summed E-state index contributed by atoms with van der Waals surface area (Å²) in [6.45, 7) is 2.98. The Morgan fingerprint density at radius 3 is 2.76 bits per heavy atom. The lowest BCUT2D eigenvalue weighted by Gasteiger charge is -2.27. The molecule has 1 aliphatic carbocycles. The van der Waals surface area contributed by atoms with Crippen LogP contribution in [0.15, 0.2) is 0 Å². The second-order valence-corrected chi connectivity index (χ2v) is 6.82. The van der Waals surface area contributed by atoms with Gasteiger partial charge in [0, 0.05) is 24.4 Å². The largest absolute Gasteiger partial charge is 0.378 e. The Morgan fingerprint density at radius 1 is 1.24 bits per heavy atom. The van der Waals surface area contributed by atoms with Crippen LogP contribution in [-0.4, -0.2) is 58.8 Å². The standard InChI is InChI=1S/C13H20ClN5OS/c1-21-10-3-2-9(8-10)15-12-16-11(14)17-13(18-12)19-4-6-20-7-5-19/h9-10H,2-8H2,1H3,(H,15,16,17,18). The molecule has 0 radical (unpaired) electrons. The second kappa shape index (κ2) is 6.98. The number of thioether (sulfide) groups is 1. The monoisotopic (exact) mass is 329 g/mol. The van der Waals surface area contributed by atoms with Gasteiger partial charge in [-0.15, -0.1) is 0 Å². The molecule has 0 aromatic carbocycles. The van der Waals surface area contributed by atoms with E-state index in [4.69, 9.17) is 16.3 Å². The lowest BCUT2D eigenvalue weighted by Crippen LogP contribution is -2.37. The van der Waals surface area contributed by atoms with Crippen LogP contribution in [0.25, 0.3) is 0 Å². The maximum atomic E-state index is 6.05. The third-order valence-corrected chi connectivity index (χ3v) is 5.21. The number of halogens is 1. The molecule has 116 valence electrons. The van der Waals surface area contributed by atoms with Gasteiger partial charge in [0.15, 0.2) is 0 Å². The van der Waals surface area contributed by atoms with E-state index in [0.29, 0.717) is 31.2 Å². The SMILES string of the molecule is CSC1CCC(Nc2nc(Cl)nc(N3CCOCC3)n2)C1. The van der Waals surface area contributed by atoms with Crippen molar-refractivity contribution < 1.29 is 4.74 Å². The van der Waals surface area contributed by atoms with Gasteiger partial charge in [0.2, 0.25) is 17.2 Å². The van der Waals surface area contributed by atoms with Gasteiger partial charge in [0.05, 0.1) is 13.2 Å². The molecule has 2 atom stereocenters. The van der Waals surface area contributed by atoms with Crippen molar-refractivity contribution in [2.45, 2.75) is 30.6 Å². The Bertz CT molecular complexity index is 486. The van der Waals surface area contributed by atoms with E-state index in [-0.39, 0.29) is 5.28 Å². The molecule has 1 aliphatic heterocycles. The lowest BCUT2D eigenvalue weighted by molar-refractivity contribution is 0.122. The van der Waals surface area contributed by atoms with E-state index in [0.717, 1.165) is 31.2 Å². The predicted octanol–water partition coefficient (Wildman–Crippen LogP) is 2.06. The molecular weight excluding hydrogens is 310 g/mol. The Hall–Kier alpha value is -0.790. The number of aromatic nitrogens is 3. The van der Waals surface area contributed by atoms with E-state index in [9.17, 15) is 0 Å². The molecule has 0 amide bonds. The molecule has 0 spiro atoms. The van der Waals surface area contributed by atoms with Gasteiger partial charge < -0.3 is 15.0 Å². The van der Waals surface area contributed by atoms with Crippen LogP contribution in [-0.2, 0) is 4.74 Å². The van der Waals surface area contributed by atoms with Gasteiger partial charge in [-0.2, -0.15) is 26.7 Å². The summed E-state index contributed by atoms with van der Waals surface area (Å²) in [5, 5.41) is 4.39. The minimum Gasteiger partial charge on any atom is -0.378 e. The summed E-state index contributed by atoms with van der Waals surface area (Å²) >= 11 is 7.98. The van der Waals surface area contributed by atoms with Crippen molar-refractivity contribution >= 4 is 35.3 Å². The van der Waals surface area contributed by atoms with E-state index in [2.05, 4.69) is 31.4 Å². The smallest absolute Gasteiger partial charge is 0.231 e. The number of nitrogens with zero attached hydrogens (tertiary/aromatic N) is 4. The Kier molecular flexibility index (Phi) is 5.03. The average Bonchev–Trinajstić information content (AvgIpc) is 2.95. The molecule has 1 saturated heterocycles. The molecule has 21 heavy (non-hydrogen) atoms. The van der Waals surface area contributed by atoms with Gasteiger partial charge in [-0.3, -0.25) is 0 Å². The maximum absolute atomic E-state index is 6.05. The fraction of sp³-hybridized carbons (Fsp3) is 0.769. The molecule has 1 aromatic rings. The Morgan fingerprint density at radius 2 is 2.05 bits per heavy atom. The molecular formula is C13H20ClN5OS. The van der Waals surface area contributed by atoms with Crippen molar-refractivity contribution in [2.24, 2.45) is 0 Å². The van der Waals surface area contributed by atoms with Crippen LogP contribution < -0.4 is 10.2 Å². The Labute approximate surface area is 134 Å². The van der Waals surface area contributed by atoms with Gasteiger partial charge in [-0.25, -0.2) is 0 Å². The van der Waals surface area contributed by atoms with Gasteiger partial charge >= 0.3 is 0 Å². The zero-order valence-corrected chi connectivity index (χ0v) is 13.7.